The van der Waals surface area contributed by atoms with Crippen molar-refractivity contribution in [3.05, 3.63) is 75.8 Å². The highest BCUT2D eigenvalue weighted by molar-refractivity contribution is 7.15. The number of methoxy groups -OCH3 is 1. The van der Waals surface area contributed by atoms with Gasteiger partial charge in [0, 0.05) is 28.1 Å². The molecule has 1 N–H and O–H groups in total. The predicted molar refractivity (Wildman–Crippen MR) is 97.3 cm³/mol. The number of nitrogens with one attached hydrogen (secondary N) is 1. The molecule has 0 saturated carbocycles. The minimum absolute atomic E-state index is 0.207. The molecule has 0 spiro atoms. The molecule has 3 rings (SSSR count). The van der Waals surface area contributed by atoms with Crippen molar-refractivity contribution in [2.24, 2.45) is 0 Å². The number of rotatable bonds is 5. The molecule has 0 aliphatic heterocycles. The first-order chi connectivity index (χ1) is 11.6. The van der Waals surface area contributed by atoms with E-state index in [1.165, 1.54) is 11.3 Å². The molecule has 0 bridgehead atoms. The van der Waals surface area contributed by atoms with E-state index in [4.69, 9.17) is 16.3 Å². The fourth-order valence-electron chi connectivity index (χ4n) is 2.18. The van der Waals surface area contributed by atoms with Crippen molar-refractivity contribution in [1.29, 1.82) is 0 Å². The number of aromatic nitrogens is 1. The van der Waals surface area contributed by atoms with Crippen LogP contribution in [0, 0.1) is 0 Å². The Morgan fingerprint density at radius 1 is 1.25 bits per heavy atom. The highest BCUT2D eigenvalue weighted by Crippen LogP contribution is 2.23. The smallest absolute Gasteiger partial charge is 0.257 e. The first kappa shape index (κ1) is 16.5. The van der Waals surface area contributed by atoms with Crippen LogP contribution in [0.1, 0.15) is 20.8 Å². The third-order valence-corrected chi connectivity index (χ3v) is 4.56. The number of halogens is 1. The molecule has 0 unspecified atom stereocenters. The lowest BCUT2D eigenvalue weighted by molar-refractivity contribution is 0.102. The topological polar surface area (TPSA) is 51.2 Å². The van der Waals surface area contributed by atoms with Crippen LogP contribution in [0.15, 0.2) is 54.7 Å². The van der Waals surface area contributed by atoms with Crippen LogP contribution in [0.2, 0.25) is 5.02 Å². The SMILES string of the molecule is COc1cccc(C(=O)Nc2ncc(Cc3ccc(Cl)cc3)s2)c1. The van der Waals surface area contributed by atoms with Crippen molar-refractivity contribution in [2.75, 3.05) is 12.4 Å². The molecule has 0 atom stereocenters. The number of nitrogens with zero attached hydrogens (tertiary/aromatic N) is 1. The van der Waals surface area contributed by atoms with Gasteiger partial charge in [-0.05, 0) is 35.9 Å². The number of amides is 1. The van der Waals surface area contributed by atoms with Crippen molar-refractivity contribution in [3.63, 3.8) is 0 Å². The molecule has 1 heterocycles. The summed E-state index contributed by atoms with van der Waals surface area (Å²) in [6.45, 7) is 0. The maximum absolute atomic E-state index is 12.3. The van der Waals surface area contributed by atoms with E-state index in [2.05, 4.69) is 10.3 Å². The molecule has 3 aromatic rings. The van der Waals surface area contributed by atoms with Gasteiger partial charge in [-0.2, -0.15) is 0 Å². The Bertz CT molecular complexity index is 846. The Hall–Kier alpha value is -2.37. The van der Waals surface area contributed by atoms with E-state index in [0.717, 1.165) is 16.9 Å². The van der Waals surface area contributed by atoms with Crippen molar-refractivity contribution >= 4 is 34.0 Å². The van der Waals surface area contributed by atoms with E-state index < -0.39 is 0 Å². The van der Waals surface area contributed by atoms with Gasteiger partial charge < -0.3 is 4.74 Å². The van der Waals surface area contributed by atoms with Crippen molar-refractivity contribution in [3.8, 4) is 5.75 Å². The van der Waals surface area contributed by atoms with Gasteiger partial charge in [0.1, 0.15) is 5.75 Å². The van der Waals surface area contributed by atoms with Crippen LogP contribution in [0.5, 0.6) is 5.75 Å². The first-order valence-corrected chi connectivity index (χ1v) is 8.48. The third kappa shape index (κ3) is 4.13. The summed E-state index contributed by atoms with van der Waals surface area (Å²) in [6, 6.07) is 14.7. The van der Waals surface area contributed by atoms with Crippen LogP contribution in [0.4, 0.5) is 5.13 Å². The summed E-state index contributed by atoms with van der Waals surface area (Å²) in [7, 11) is 1.57. The molecule has 0 saturated heterocycles. The Labute approximate surface area is 149 Å². The Morgan fingerprint density at radius 2 is 2.04 bits per heavy atom. The van der Waals surface area contributed by atoms with Crippen LogP contribution in [0.25, 0.3) is 0 Å². The van der Waals surface area contributed by atoms with Gasteiger partial charge in [0.15, 0.2) is 5.13 Å². The number of anilines is 1. The quantitative estimate of drug-likeness (QED) is 0.722. The molecule has 0 radical (unpaired) electrons. The summed E-state index contributed by atoms with van der Waals surface area (Å²) < 4.78 is 5.13. The van der Waals surface area contributed by atoms with Gasteiger partial charge in [-0.3, -0.25) is 10.1 Å². The van der Waals surface area contributed by atoms with Gasteiger partial charge in [-0.15, -0.1) is 11.3 Å². The fourth-order valence-corrected chi connectivity index (χ4v) is 3.15. The average molecular weight is 359 g/mol. The second-order valence-corrected chi connectivity index (χ2v) is 6.67. The number of benzene rings is 2. The monoisotopic (exact) mass is 358 g/mol. The van der Waals surface area contributed by atoms with Gasteiger partial charge >= 0.3 is 0 Å². The second kappa shape index (κ2) is 7.47. The Morgan fingerprint density at radius 3 is 2.79 bits per heavy atom. The summed E-state index contributed by atoms with van der Waals surface area (Å²) in [6.07, 6.45) is 2.53. The number of ether oxygens (including phenoxy) is 1. The molecule has 4 nitrogen and oxygen atoms in total. The highest BCUT2D eigenvalue weighted by Gasteiger charge is 2.10. The van der Waals surface area contributed by atoms with Gasteiger partial charge in [-0.25, -0.2) is 4.98 Å². The molecular weight excluding hydrogens is 344 g/mol. The standard InChI is InChI=1S/C18H15ClN2O2S/c1-23-15-4-2-3-13(10-15)17(22)21-18-20-11-16(24-18)9-12-5-7-14(19)8-6-12/h2-8,10-11H,9H2,1H3,(H,20,21,22). The molecule has 122 valence electrons. The van der Waals surface area contributed by atoms with E-state index in [9.17, 15) is 4.79 Å². The molecular formula is C18H15ClN2O2S. The zero-order valence-corrected chi connectivity index (χ0v) is 14.5. The molecule has 0 fully saturated rings. The van der Waals surface area contributed by atoms with E-state index in [-0.39, 0.29) is 5.91 Å². The van der Waals surface area contributed by atoms with Gasteiger partial charge in [0.25, 0.3) is 5.91 Å². The second-order valence-electron chi connectivity index (χ2n) is 5.12. The first-order valence-electron chi connectivity index (χ1n) is 7.28. The zero-order valence-electron chi connectivity index (χ0n) is 13.0. The Balaban J connectivity index is 1.67. The van der Waals surface area contributed by atoms with Crippen molar-refractivity contribution < 1.29 is 9.53 Å². The number of thiazole rings is 1. The van der Waals surface area contributed by atoms with Crippen LogP contribution in [0.3, 0.4) is 0 Å². The maximum atomic E-state index is 12.3. The van der Waals surface area contributed by atoms with Crippen molar-refractivity contribution in [2.45, 2.75) is 6.42 Å². The molecule has 1 aromatic heterocycles. The lowest BCUT2D eigenvalue weighted by Gasteiger charge is -2.04. The van der Waals surface area contributed by atoms with E-state index in [0.29, 0.717) is 21.5 Å². The van der Waals surface area contributed by atoms with Gasteiger partial charge in [0.05, 0.1) is 7.11 Å². The Kier molecular flexibility index (Phi) is 5.13. The minimum Gasteiger partial charge on any atom is -0.497 e. The number of carbonyl (C=O) groups is 1. The molecule has 0 aliphatic carbocycles. The number of hydrogen-bond acceptors (Lipinski definition) is 4. The largest absolute Gasteiger partial charge is 0.497 e. The van der Waals surface area contributed by atoms with Crippen LogP contribution < -0.4 is 10.1 Å². The summed E-state index contributed by atoms with van der Waals surface area (Å²) in [4.78, 5) is 17.6. The number of hydrogen-bond donors (Lipinski definition) is 1. The van der Waals surface area contributed by atoms with E-state index >= 15 is 0 Å². The molecule has 1 amide bonds. The minimum atomic E-state index is -0.207. The van der Waals surface area contributed by atoms with Gasteiger partial charge in [0.2, 0.25) is 0 Å². The molecule has 6 heteroatoms. The fraction of sp³-hybridized carbons (Fsp3) is 0.111. The zero-order chi connectivity index (χ0) is 16.9. The summed E-state index contributed by atoms with van der Waals surface area (Å²) in [5.74, 6) is 0.437. The molecule has 24 heavy (non-hydrogen) atoms. The highest BCUT2D eigenvalue weighted by atomic mass is 35.5. The average Bonchev–Trinajstić information content (AvgIpc) is 3.04. The van der Waals surface area contributed by atoms with Crippen molar-refractivity contribution in [1.82, 2.24) is 4.98 Å². The van der Waals surface area contributed by atoms with Crippen LogP contribution in [-0.2, 0) is 6.42 Å². The lowest BCUT2D eigenvalue weighted by Crippen LogP contribution is -2.11. The van der Waals surface area contributed by atoms with Crippen LogP contribution >= 0.6 is 22.9 Å². The number of carbonyl (C=O) groups excluding carboxylic acids is 1. The van der Waals surface area contributed by atoms with E-state index in [1.807, 2.05) is 24.3 Å². The third-order valence-electron chi connectivity index (χ3n) is 3.40. The summed E-state index contributed by atoms with van der Waals surface area (Å²) in [5.41, 5.74) is 1.68. The summed E-state index contributed by atoms with van der Waals surface area (Å²) in [5, 5.41) is 4.11. The molecule has 0 aliphatic rings. The van der Waals surface area contributed by atoms with E-state index in [1.54, 1.807) is 37.6 Å². The lowest BCUT2D eigenvalue weighted by atomic mass is 10.1. The maximum Gasteiger partial charge on any atom is 0.257 e. The summed E-state index contributed by atoms with van der Waals surface area (Å²) >= 11 is 7.35. The molecule has 2 aromatic carbocycles. The normalized spacial score (nSPS) is 10.4. The predicted octanol–water partition coefficient (Wildman–Crippen LogP) is 4.65. The van der Waals surface area contributed by atoms with Gasteiger partial charge in [-0.1, -0.05) is 29.8 Å². The van der Waals surface area contributed by atoms with Crippen LogP contribution in [-0.4, -0.2) is 18.0 Å².